The SMILES string of the molecule is CN1C(=O)c2ccccc2C1Cc1ccccc1. The fraction of sp³-hybridized carbons (Fsp3) is 0.188. The smallest absolute Gasteiger partial charge is 0.254 e. The summed E-state index contributed by atoms with van der Waals surface area (Å²) in [4.78, 5) is 14.0. The fourth-order valence-corrected chi connectivity index (χ4v) is 2.61. The van der Waals surface area contributed by atoms with Crippen LogP contribution >= 0.6 is 0 Å². The van der Waals surface area contributed by atoms with Gasteiger partial charge < -0.3 is 4.90 Å². The van der Waals surface area contributed by atoms with Crippen LogP contribution in [0.5, 0.6) is 0 Å². The van der Waals surface area contributed by atoms with Crippen molar-refractivity contribution in [2.24, 2.45) is 0 Å². The van der Waals surface area contributed by atoms with E-state index in [2.05, 4.69) is 18.2 Å². The van der Waals surface area contributed by atoms with Crippen LogP contribution in [-0.4, -0.2) is 17.9 Å². The maximum Gasteiger partial charge on any atom is 0.254 e. The van der Waals surface area contributed by atoms with E-state index in [0.29, 0.717) is 0 Å². The van der Waals surface area contributed by atoms with Crippen molar-refractivity contribution in [1.82, 2.24) is 4.90 Å². The molecule has 1 atom stereocenters. The first-order valence-electron chi connectivity index (χ1n) is 6.17. The molecule has 3 rings (SSSR count). The third-order valence-corrected chi connectivity index (χ3v) is 3.61. The first-order valence-corrected chi connectivity index (χ1v) is 6.17. The molecule has 1 aliphatic heterocycles. The average Bonchev–Trinajstić information content (AvgIpc) is 2.66. The number of hydrogen-bond donors (Lipinski definition) is 0. The third kappa shape index (κ3) is 1.70. The molecule has 0 radical (unpaired) electrons. The Kier molecular flexibility index (Phi) is 2.63. The maximum absolute atomic E-state index is 12.1. The molecule has 0 saturated carbocycles. The van der Waals surface area contributed by atoms with Gasteiger partial charge in [-0.05, 0) is 23.6 Å². The van der Waals surface area contributed by atoms with Gasteiger partial charge in [0, 0.05) is 12.6 Å². The molecule has 1 amide bonds. The van der Waals surface area contributed by atoms with Gasteiger partial charge in [0.15, 0.2) is 0 Å². The van der Waals surface area contributed by atoms with Crippen molar-refractivity contribution in [2.75, 3.05) is 7.05 Å². The van der Waals surface area contributed by atoms with E-state index < -0.39 is 0 Å². The molecule has 0 spiro atoms. The van der Waals surface area contributed by atoms with Crippen LogP contribution in [-0.2, 0) is 6.42 Å². The molecule has 0 bridgehead atoms. The fourth-order valence-electron chi connectivity index (χ4n) is 2.61. The van der Waals surface area contributed by atoms with Crippen LogP contribution in [0.4, 0.5) is 0 Å². The van der Waals surface area contributed by atoms with Gasteiger partial charge in [-0.3, -0.25) is 4.79 Å². The largest absolute Gasteiger partial charge is 0.334 e. The van der Waals surface area contributed by atoms with Gasteiger partial charge in [-0.2, -0.15) is 0 Å². The summed E-state index contributed by atoms with van der Waals surface area (Å²) in [5.74, 6) is 0.131. The summed E-state index contributed by atoms with van der Waals surface area (Å²) in [6, 6.07) is 18.4. The van der Waals surface area contributed by atoms with Gasteiger partial charge in [0.1, 0.15) is 0 Å². The molecule has 0 N–H and O–H groups in total. The molecular weight excluding hydrogens is 222 g/mol. The quantitative estimate of drug-likeness (QED) is 0.786. The number of nitrogens with zero attached hydrogens (tertiary/aromatic N) is 1. The van der Waals surface area contributed by atoms with E-state index in [1.165, 1.54) is 5.56 Å². The minimum absolute atomic E-state index is 0.131. The summed E-state index contributed by atoms with van der Waals surface area (Å²) in [5.41, 5.74) is 3.26. The molecule has 0 aliphatic carbocycles. The molecule has 2 heteroatoms. The molecule has 2 aromatic rings. The number of carbonyl (C=O) groups excluding carboxylic acids is 1. The van der Waals surface area contributed by atoms with Crippen molar-refractivity contribution in [3.63, 3.8) is 0 Å². The molecule has 1 heterocycles. The predicted octanol–water partition coefficient (Wildman–Crippen LogP) is 3.06. The van der Waals surface area contributed by atoms with Gasteiger partial charge in [0.2, 0.25) is 0 Å². The van der Waals surface area contributed by atoms with Crippen molar-refractivity contribution < 1.29 is 4.79 Å². The summed E-state index contributed by atoms with van der Waals surface area (Å²) in [6.07, 6.45) is 0.875. The van der Waals surface area contributed by atoms with Gasteiger partial charge in [-0.1, -0.05) is 48.5 Å². The van der Waals surface area contributed by atoms with Crippen LogP contribution in [0.1, 0.15) is 27.5 Å². The lowest BCUT2D eigenvalue weighted by Crippen LogP contribution is -2.24. The Labute approximate surface area is 107 Å². The zero-order valence-corrected chi connectivity index (χ0v) is 10.3. The van der Waals surface area contributed by atoms with Crippen LogP contribution in [0, 0.1) is 0 Å². The van der Waals surface area contributed by atoms with Crippen LogP contribution in [0.15, 0.2) is 54.6 Å². The Hall–Kier alpha value is -2.09. The molecule has 0 fully saturated rings. The van der Waals surface area contributed by atoms with E-state index in [1.807, 2.05) is 48.3 Å². The average molecular weight is 237 g/mol. The van der Waals surface area contributed by atoms with Crippen molar-refractivity contribution in [1.29, 1.82) is 0 Å². The Bertz CT molecular complexity index is 577. The molecule has 2 aromatic carbocycles. The zero-order chi connectivity index (χ0) is 12.5. The molecule has 18 heavy (non-hydrogen) atoms. The minimum Gasteiger partial charge on any atom is -0.334 e. The molecule has 1 aliphatic rings. The van der Waals surface area contributed by atoms with E-state index in [4.69, 9.17) is 0 Å². The highest BCUT2D eigenvalue weighted by molar-refractivity contribution is 5.99. The normalized spacial score (nSPS) is 17.9. The zero-order valence-electron chi connectivity index (χ0n) is 10.3. The highest BCUT2D eigenvalue weighted by Gasteiger charge is 2.33. The Balaban J connectivity index is 1.96. The minimum atomic E-state index is 0.131. The molecular formula is C16H15NO. The summed E-state index contributed by atoms with van der Waals surface area (Å²) in [5, 5.41) is 0. The second-order valence-corrected chi connectivity index (χ2v) is 4.71. The van der Waals surface area contributed by atoms with Gasteiger partial charge >= 0.3 is 0 Å². The van der Waals surface area contributed by atoms with E-state index in [1.54, 1.807) is 0 Å². The number of likely N-dealkylation sites (N-methyl/N-ethyl adjacent to an activating group) is 1. The third-order valence-electron chi connectivity index (χ3n) is 3.61. The highest BCUT2D eigenvalue weighted by atomic mass is 16.2. The Morgan fingerprint density at radius 1 is 1.00 bits per heavy atom. The first kappa shape index (κ1) is 11.0. The second-order valence-electron chi connectivity index (χ2n) is 4.71. The van der Waals surface area contributed by atoms with Crippen LogP contribution in [0.2, 0.25) is 0 Å². The molecule has 1 unspecified atom stereocenters. The number of carbonyl (C=O) groups is 1. The molecule has 90 valence electrons. The van der Waals surface area contributed by atoms with Crippen molar-refractivity contribution in [3.05, 3.63) is 71.3 Å². The summed E-state index contributed by atoms with van der Waals surface area (Å²) in [7, 11) is 1.88. The van der Waals surface area contributed by atoms with E-state index in [0.717, 1.165) is 17.5 Å². The van der Waals surface area contributed by atoms with Gasteiger partial charge in [-0.15, -0.1) is 0 Å². The Morgan fingerprint density at radius 3 is 2.44 bits per heavy atom. The van der Waals surface area contributed by atoms with Gasteiger partial charge in [0.05, 0.1) is 6.04 Å². The summed E-state index contributed by atoms with van der Waals surface area (Å²) < 4.78 is 0. The number of benzene rings is 2. The maximum atomic E-state index is 12.1. The van der Waals surface area contributed by atoms with E-state index in [-0.39, 0.29) is 11.9 Å². The lowest BCUT2D eigenvalue weighted by Gasteiger charge is -2.20. The van der Waals surface area contributed by atoms with Crippen LogP contribution < -0.4 is 0 Å². The molecule has 0 aromatic heterocycles. The molecule has 0 saturated heterocycles. The molecule has 2 nitrogen and oxygen atoms in total. The second kappa shape index (κ2) is 4.30. The van der Waals surface area contributed by atoms with Crippen molar-refractivity contribution >= 4 is 5.91 Å². The number of fused-ring (bicyclic) bond motifs is 1. The lowest BCUT2D eigenvalue weighted by atomic mass is 9.98. The predicted molar refractivity (Wildman–Crippen MR) is 71.4 cm³/mol. The first-order chi connectivity index (χ1) is 8.77. The topological polar surface area (TPSA) is 20.3 Å². The number of rotatable bonds is 2. The Morgan fingerprint density at radius 2 is 1.67 bits per heavy atom. The van der Waals surface area contributed by atoms with Gasteiger partial charge in [0.25, 0.3) is 5.91 Å². The van der Waals surface area contributed by atoms with E-state index >= 15 is 0 Å². The summed E-state index contributed by atoms with van der Waals surface area (Å²) >= 11 is 0. The number of amides is 1. The van der Waals surface area contributed by atoms with Crippen molar-refractivity contribution in [3.8, 4) is 0 Å². The standard InChI is InChI=1S/C16H15NO/c1-17-15(11-12-7-3-2-4-8-12)13-9-5-6-10-14(13)16(17)18/h2-10,15H,11H2,1H3. The lowest BCUT2D eigenvalue weighted by molar-refractivity contribution is 0.0774. The van der Waals surface area contributed by atoms with Gasteiger partial charge in [-0.25, -0.2) is 0 Å². The summed E-state index contributed by atoms with van der Waals surface area (Å²) in [6.45, 7) is 0. The number of hydrogen-bond acceptors (Lipinski definition) is 1. The monoisotopic (exact) mass is 237 g/mol. The van der Waals surface area contributed by atoms with Crippen LogP contribution in [0.3, 0.4) is 0 Å². The van der Waals surface area contributed by atoms with Crippen molar-refractivity contribution in [2.45, 2.75) is 12.5 Å². The van der Waals surface area contributed by atoms with E-state index in [9.17, 15) is 4.79 Å². The van der Waals surface area contributed by atoms with Crippen LogP contribution in [0.25, 0.3) is 0 Å². The highest BCUT2D eigenvalue weighted by Crippen LogP contribution is 2.34.